The molecule has 1 aromatic heterocycles. The Kier molecular flexibility index (Phi) is 8.11. The van der Waals surface area contributed by atoms with Crippen LogP contribution >= 0.6 is 0 Å². The Morgan fingerprint density at radius 1 is 1.12 bits per heavy atom. The Hall–Kier alpha value is -3.67. The number of carbonyl (C=O) groups excluding carboxylic acids is 3. The van der Waals surface area contributed by atoms with Gasteiger partial charge in [0, 0.05) is 10.6 Å². The highest BCUT2D eigenvalue weighted by molar-refractivity contribution is 6.83. The lowest BCUT2D eigenvalue weighted by Crippen LogP contribution is -2.52. The number of carboxylic acid groups (broad SMARTS) is 1. The molecule has 1 aliphatic heterocycles. The summed E-state index contributed by atoms with van der Waals surface area (Å²) in [6.07, 6.45) is 2.26. The number of fused-ring (bicyclic) bond motifs is 1. The number of rotatable bonds is 10. The molecule has 11 nitrogen and oxygen atoms in total. The first-order valence-corrected chi connectivity index (χ1v) is 17.2. The zero-order valence-corrected chi connectivity index (χ0v) is 24.8. The summed E-state index contributed by atoms with van der Waals surface area (Å²) in [4.78, 5) is 51.6. The lowest BCUT2D eigenvalue weighted by atomic mass is 9.83. The van der Waals surface area contributed by atoms with Crippen LogP contribution < -0.4 is 10.6 Å². The molecule has 0 radical (unpaired) electrons. The number of esters is 1. The van der Waals surface area contributed by atoms with Gasteiger partial charge in [-0.15, -0.1) is 0 Å². The number of benzene rings is 1. The molecule has 2 heterocycles. The van der Waals surface area contributed by atoms with E-state index in [-0.39, 0.29) is 43.0 Å². The maximum absolute atomic E-state index is 13.6. The van der Waals surface area contributed by atoms with E-state index < -0.39 is 31.6 Å². The third kappa shape index (κ3) is 5.63. The number of anilines is 1. The number of hydrogen-bond donors (Lipinski definition) is 4. The van der Waals surface area contributed by atoms with Crippen molar-refractivity contribution in [2.75, 3.05) is 11.9 Å². The summed E-state index contributed by atoms with van der Waals surface area (Å²) >= 11 is 0. The van der Waals surface area contributed by atoms with Crippen LogP contribution in [0.4, 0.5) is 10.6 Å². The summed E-state index contributed by atoms with van der Waals surface area (Å²) < 4.78 is 5.31. The summed E-state index contributed by atoms with van der Waals surface area (Å²) in [5, 5.41) is 22.0. The topological polar surface area (TPSA) is 154 Å². The van der Waals surface area contributed by atoms with Crippen LogP contribution in [-0.4, -0.2) is 58.8 Å². The van der Waals surface area contributed by atoms with Gasteiger partial charge in [0.2, 0.25) is 5.91 Å². The Labute approximate surface area is 235 Å². The normalized spacial score (nSPS) is 17.8. The smallest absolute Gasteiger partial charge is 0.319 e. The molecule has 1 aromatic carbocycles. The van der Waals surface area contributed by atoms with Crippen molar-refractivity contribution in [3.8, 4) is 0 Å². The minimum absolute atomic E-state index is 0.0155. The molecule has 1 aliphatic carbocycles. The Morgan fingerprint density at radius 2 is 1.80 bits per heavy atom. The van der Waals surface area contributed by atoms with Gasteiger partial charge in [-0.1, -0.05) is 56.4 Å². The molecule has 40 heavy (non-hydrogen) atoms. The van der Waals surface area contributed by atoms with Crippen LogP contribution in [0.25, 0.3) is 0 Å². The van der Waals surface area contributed by atoms with Crippen molar-refractivity contribution in [3.63, 3.8) is 0 Å². The van der Waals surface area contributed by atoms with Gasteiger partial charge in [0.05, 0.1) is 44.7 Å². The average Bonchev–Trinajstić information content (AvgIpc) is 3.36. The van der Waals surface area contributed by atoms with Crippen LogP contribution in [0.5, 0.6) is 0 Å². The first kappa shape index (κ1) is 29.3. The van der Waals surface area contributed by atoms with Crippen molar-refractivity contribution in [2.45, 2.75) is 88.8 Å². The number of nitrogens with one attached hydrogen (secondary N) is 3. The van der Waals surface area contributed by atoms with Gasteiger partial charge in [-0.05, 0) is 32.3 Å². The number of aromatic amines is 1. The molecule has 0 spiro atoms. The zero-order chi connectivity index (χ0) is 29.3. The van der Waals surface area contributed by atoms with E-state index in [1.807, 2.05) is 44.2 Å². The van der Waals surface area contributed by atoms with Gasteiger partial charge in [0.15, 0.2) is 5.82 Å². The average molecular weight is 570 g/mol. The molecule has 0 saturated heterocycles. The standard InChI is InChI=1S/C28H39N5O6Si/c1-27(2)23-19(24(32-31-23)30-25(37)28(14-9-15-28)40(3,4)5)16-33(27)26(38)29-20(18-10-7-6-8-11-18)17-39-22(36)13-12-21(34)35/h6-8,10-11,20H,9,12-17H2,1-5H3,(H,29,38)(H,34,35)(H2,30,31,32,37)/t20-/m1/s1. The summed E-state index contributed by atoms with van der Waals surface area (Å²) in [6.45, 7) is 10.6. The van der Waals surface area contributed by atoms with Gasteiger partial charge in [-0.3, -0.25) is 19.5 Å². The van der Waals surface area contributed by atoms with Gasteiger partial charge in [-0.2, -0.15) is 5.10 Å². The number of aromatic nitrogens is 2. The molecule has 0 bridgehead atoms. The van der Waals surface area contributed by atoms with E-state index in [0.717, 1.165) is 36.1 Å². The van der Waals surface area contributed by atoms with E-state index in [9.17, 15) is 19.2 Å². The predicted molar refractivity (Wildman–Crippen MR) is 151 cm³/mol. The van der Waals surface area contributed by atoms with Crippen LogP contribution in [0.2, 0.25) is 24.7 Å². The van der Waals surface area contributed by atoms with Crippen LogP contribution in [0.3, 0.4) is 0 Å². The minimum Gasteiger partial charge on any atom is -0.481 e. The van der Waals surface area contributed by atoms with E-state index in [2.05, 4.69) is 40.5 Å². The van der Waals surface area contributed by atoms with Crippen LogP contribution in [-0.2, 0) is 31.2 Å². The molecular weight excluding hydrogens is 530 g/mol. The summed E-state index contributed by atoms with van der Waals surface area (Å²) in [7, 11) is -1.77. The molecule has 0 unspecified atom stereocenters. The highest BCUT2D eigenvalue weighted by Gasteiger charge is 2.54. The predicted octanol–water partition coefficient (Wildman–Crippen LogP) is 4.52. The van der Waals surface area contributed by atoms with E-state index in [0.29, 0.717) is 5.82 Å². The first-order chi connectivity index (χ1) is 18.8. The lowest BCUT2D eigenvalue weighted by Gasteiger charge is -2.48. The van der Waals surface area contributed by atoms with E-state index in [1.54, 1.807) is 4.90 Å². The van der Waals surface area contributed by atoms with E-state index in [4.69, 9.17) is 9.84 Å². The number of hydrogen-bond acceptors (Lipinski definition) is 6. The highest BCUT2D eigenvalue weighted by Crippen LogP contribution is 2.56. The Bertz CT molecular complexity index is 1280. The lowest BCUT2D eigenvalue weighted by molar-refractivity contribution is -0.148. The van der Waals surface area contributed by atoms with Gasteiger partial charge in [0.25, 0.3) is 0 Å². The third-order valence-electron chi connectivity index (χ3n) is 8.48. The van der Waals surface area contributed by atoms with Gasteiger partial charge in [0.1, 0.15) is 6.61 Å². The van der Waals surface area contributed by atoms with Crippen molar-refractivity contribution in [3.05, 3.63) is 47.2 Å². The number of urea groups is 1. The van der Waals surface area contributed by atoms with E-state index >= 15 is 0 Å². The van der Waals surface area contributed by atoms with E-state index in [1.165, 1.54) is 0 Å². The fraction of sp³-hybridized carbons (Fsp3) is 0.536. The van der Waals surface area contributed by atoms with Crippen molar-refractivity contribution in [2.24, 2.45) is 0 Å². The second-order valence-corrected chi connectivity index (χ2v) is 17.7. The van der Waals surface area contributed by atoms with Gasteiger partial charge >= 0.3 is 18.0 Å². The minimum atomic E-state index is -1.77. The largest absolute Gasteiger partial charge is 0.481 e. The molecule has 1 fully saturated rings. The first-order valence-electron chi connectivity index (χ1n) is 13.7. The number of nitrogens with zero attached hydrogens (tertiary/aromatic N) is 2. The number of ether oxygens (including phenoxy) is 1. The molecule has 12 heteroatoms. The molecule has 2 aromatic rings. The van der Waals surface area contributed by atoms with Crippen molar-refractivity contribution in [1.29, 1.82) is 0 Å². The summed E-state index contributed by atoms with van der Waals surface area (Å²) in [5.74, 6) is -1.26. The second kappa shape index (κ2) is 11.1. The summed E-state index contributed by atoms with van der Waals surface area (Å²) in [5.41, 5.74) is 1.52. The Balaban J connectivity index is 1.48. The quantitative estimate of drug-likeness (QED) is 0.242. The number of carboxylic acids is 1. The maximum atomic E-state index is 13.6. The van der Waals surface area contributed by atoms with Crippen molar-refractivity contribution >= 4 is 37.8 Å². The van der Waals surface area contributed by atoms with Gasteiger partial charge in [-0.25, -0.2) is 4.79 Å². The molecular formula is C28H39N5O6Si. The van der Waals surface area contributed by atoms with Crippen molar-refractivity contribution < 1.29 is 29.0 Å². The SMILES string of the molecule is CC1(C)c2[nH]nc(NC(=O)C3([Si](C)(C)C)CCC3)c2CN1C(=O)N[C@H](COC(=O)CCC(=O)O)c1ccccc1. The number of aliphatic carboxylic acids is 1. The fourth-order valence-electron chi connectivity index (χ4n) is 5.61. The summed E-state index contributed by atoms with van der Waals surface area (Å²) in [6, 6.07) is 8.10. The van der Waals surface area contributed by atoms with Gasteiger partial charge < -0.3 is 25.4 Å². The molecule has 216 valence electrons. The number of amides is 3. The number of H-pyrrole nitrogens is 1. The highest BCUT2D eigenvalue weighted by atomic mass is 28.3. The van der Waals surface area contributed by atoms with Crippen LogP contribution in [0.1, 0.15) is 68.8 Å². The van der Waals surface area contributed by atoms with Crippen LogP contribution in [0.15, 0.2) is 30.3 Å². The number of carbonyl (C=O) groups is 4. The molecule has 4 N–H and O–H groups in total. The Morgan fingerprint density at radius 3 is 2.38 bits per heavy atom. The molecule has 1 atom stereocenters. The molecule has 2 aliphatic rings. The molecule has 1 saturated carbocycles. The van der Waals surface area contributed by atoms with Crippen molar-refractivity contribution in [1.82, 2.24) is 20.4 Å². The molecule has 3 amide bonds. The second-order valence-electron chi connectivity index (χ2n) is 12.2. The maximum Gasteiger partial charge on any atom is 0.319 e. The zero-order valence-electron chi connectivity index (χ0n) is 23.8. The fourth-order valence-corrected chi connectivity index (χ4v) is 8.21. The molecule has 4 rings (SSSR count). The monoisotopic (exact) mass is 569 g/mol. The van der Waals surface area contributed by atoms with Crippen LogP contribution in [0, 0.1) is 0 Å². The third-order valence-corrected chi connectivity index (χ3v) is 12.1.